The summed E-state index contributed by atoms with van der Waals surface area (Å²) in [6, 6.07) is 4.74. The molecule has 0 amide bonds. The molecule has 0 spiro atoms. The molecule has 1 nitrogen and oxygen atoms in total. The smallest absolute Gasteiger partial charge is 0.122 e. The third-order valence-electron chi connectivity index (χ3n) is 1.40. The first-order valence-corrected chi connectivity index (χ1v) is 3.67. The summed E-state index contributed by atoms with van der Waals surface area (Å²) in [5, 5.41) is 0.476. The minimum absolute atomic E-state index is 0.476. The van der Waals surface area contributed by atoms with Crippen LogP contribution in [0.5, 0.6) is 0 Å². The molecule has 0 bridgehead atoms. The highest BCUT2D eigenvalue weighted by atomic mass is 35.5. The number of benzene rings is 1. The summed E-state index contributed by atoms with van der Waals surface area (Å²) in [6.45, 7) is 1.45. The lowest BCUT2D eigenvalue weighted by molar-refractivity contribution is 0.374. The van der Waals surface area contributed by atoms with E-state index in [4.69, 9.17) is 17.3 Å². The molecule has 0 heterocycles. The number of hydrogen-bond donors (Lipinski definition) is 1. The maximum atomic E-state index is 12.7. The molecule has 0 saturated carbocycles. The molecule has 0 fully saturated rings. The average Bonchev–Trinajstić information content (AvgIpc) is 1.85. The minimum atomic E-state index is -1.02. The number of hydrogen-bond acceptors (Lipinski definition) is 1. The molecule has 0 aliphatic rings. The van der Waals surface area contributed by atoms with Crippen LogP contribution in [0.1, 0.15) is 18.7 Å². The van der Waals surface area contributed by atoms with Gasteiger partial charge in [0.25, 0.3) is 0 Å². The van der Waals surface area contributed by atoms with Crippen molar-refractivity contribution < 1.29 is 4.39 Å². The predicted octanol–water partition coefficient (Wildman–Crippen LogP) is 2.95. The second-order valence-electron chi connectivity index (χ2n) is 2.43. The van der Waals surface area contributed by atoms with E-state index >= 15 is 0 Å². The van der Waals surface area contributed by atoms with E-state index in [9.17, 15) is 4.39 Å². The molecule has 60 valence electrons. The second-order valence-corrected chi connectivity index (χ2v) is 2.87. The van der Waals surface area contributed by atoms with Crippen LogP contribution in [-0.4, -0.2) is 0 Å². The van der Waals surface area contributed by atoms with Gasteiger partial charge >= 0.3 is 0 Å². The molecule has 0 aromatic heterocycles. The number of nitrogens with two attached hydrogens (primary N) is 1. The molecule has 1 rings (SSSR count). The number of halogens is 2. The highest BCUT2D eigenvalue weighted by Crippen LogP contribution is 2.23. The zero-order chi connectivity index (χ0) is 8.43. The van der Waals surface area contributed by atoms with Gasteiger partial charge in [-0.2, -0.15) is 0 Å². The van der Waals surface area contributed by atoms with Crippen LogP contribution < -0.4 is 5.73 Å². The van der Waals surface area contributed by atoms with Crippen molar-refractivity contribution in [2.75, 3.05) is 5.73 Å². The topological polar surface area (TPSA) is 26.0 Å². The van der Waals surface area contributed by atoms with E-state index in [2.05, 4.69) is 0 Å². The van der Waals surface area contributed by atoms with Crippen LogP contribution in [0, 0.1) is 0 Å². The fourth-order valence-electron chi connectivity index (χ4n) is 0.866. The maximum absolute atomic E-state index is 12.7. The van der Waals surface area contributed by atoms with Crippen molar-refractivity contribution in [2.24, 2.45) is 0 Å². The van der Waals surface area contributed by atoms with E-state index in [0.717, 1.165) is 0 Å². The molecule has 1 unspecified atom stereocenters. The van der Waals surface area contributed by atoms with Crippen molar-refractivity contribution in [3.8, 4) is 0 Å². The molecule has 1 atom stereocenters. The Kier molecular flexibility index (Phi) is 2.35. The van der Waals surface area contributed by atoms with Crippen LogP contribution in [0.15, 0.2) is 18.2 Å². The van der Waals surface area contributed by atoms with E-state index in [-0.39, 0.29) is 0 Å². The molecule has 3 heteroatoms. The first-order chi connectivity index (χ1) is 5.09. The first kappa shape index (κ1) is 8.34. The molecule has 0 radical (unpaired) electrons. The lowest BCUT2D eigenvalue weighted by Gasteiger charge is -2.03. The van der Waals surface area contributed by atoms with Gasteiger partial charge in [-0.1, -0.05) is 11.6 Å². The van der Waals surface area contributed by atoms with Crippen molar-refractivity contribution in [1.82, 2.24) is 0 Å². The Hall–Kier alpha value is -0.760. The van der Waals surface area contributed by atoms with Crippen molar-refractivity contribution in [1.29, 1.82) is 0 Å². The van der Waals surface area contributed by atoms with Crippen molar-refractivity contribution >= 4 is 17.3 Å². The number of alkyl halides is 1. The molecular formula is C8H9ClFN. The standard InChI is InChI=1S/C8H9ClFN/c1-5(10)6-2-7(9)4-8(11)3-6/h2-5H,11H2,1H3. The van der Waals surface area contributed by atoms with Gasteiger partial charge in [0.15, 0.2) is 0 Å². The van der Waals surface area contributed by atoms with Gasteiger partial charge in [0.05, 0.1) is 0 Å². The summed E-state index contributed by atoms with van der Waals surface area (Å²) in [5.41, 5.74) is 6.47. The maximum Gasteiger partial charge on any atom is 0.122 e. The Morgan fingerprint density at radius 1 is 1.45 bits per heavy atom. The molecule has 1 aromatic carbocycles. The van der Waals surface area contributed by atoms with E-state index < -0.39 is 6.17 Å². The zero-order valence-corrected chi connectivity index (χ0v) is 6.90. The summed E-state index contributed by atoms with van der Waals surface area (Å²) >= 11 is 5.65. The average molecular weight is 174 g/mol. The van der Waals surface area contributed by atoms with Crippen LogP contribution >= 0.6 is 11.6 Å². The Morgan fingerprint density at radius 2 is 2.09 bits per heavy atom. The number of anilines is 1. The van der Waals surface area contributed by atoms with Gasteiger partial charge < -0.3 is 5.73 Å². The third kappa shape index (κ3) is 2.09. The number of nitrogen functional groups attached to an aromatic ring is 1. The summed E-state index contributed by atoms with van der Waals surface area (Å²) in [5.74, 6) is 0. The summed E-state index contributed by atoms with van der Waals surface area (Å²) in [7, 11) is 0. The van der Waals surface area contributed by atoms with Crippen molar-refractivity contribution in [2.45, 2.75) is 13.1 Å². The summed E-state index contributed by atoms with van der Waals surface area (Å²) < 4.78 is 12.7. The van der Waals surface area contributed by atoms with E-state index in [1.54, 1.807) is 18.2 Å². The van der Waals surface area contributed by atoms with Gasteiger partial charge in [0, 0.05) is 10.7 Å². The van der Waals surface area contributed by atoms with Crippen LogP contribution in [-0.2, 0) is 0 Å². The Labute approximate surface area is 70.0 Å². The highest BCUT2D eigenvalue weighted by Gasteiger charge is 2.03. The summed E-state index contributed by atoms with van der Waals surface area (Å²) in [4.78, 5) is 0. The Morgan fingerprint density at radius 3 is 2.55 bits per heavy atom. The van der Waals surface area contributed by atoms with Crippen molar-refractivity contribution in [3.63, 3.8) is 0 Å². The van der Waals surface area contributed by atoms with Gasteiger partial charge in [0.1, 0.15) is 6.17 Å². The van der Waals surface area contributed by atoms with E-state index in [1.165, 1.54) is 6.92 Å². The molecule has 11 heavy (non-hydrogen) atoms. The van der Waals surface area contributed by atoms with Gasteiger partial charge in [-0.15, -0.1) is 0 Å². The van der Waals surface area contributed by atoms with E-state index in [1.807, 2.05) is 0 Å². The van der Waals surface area contributed by atoms with Gasteiger partial charge in [-0.3, -0.25) is 0 Å². The van der Waals surface area contributed by atoms with Crippen LogP contribution in [0.2, 0.25) is 5.02 Å². The van der Waals surface area contributed by atoms with Crippen molar-refractivity contribution in [3.05, 3.63) is 28.8 Å². The molecule has 0 aliphatic carbocycles. The summed E-state index contributed by atoms with van der Waals surface area (Å²) in [6.07, 6.45) is -1.02. The first-order valence-electron chi connectivity index (χ1n) is 3.29. The largest absolute Gasteiger partial charge is 0.399 e. The fourth-order valence-corrected chi connectivity index (χ4v) is 1.12. The van der Waals surface area contributed by atoms with Gasteiger partial charge in [-0.05, 0) is 30.7 Å². The van der Waals surface area contributed by atoms with Gasteiger partial charge in [0.2, 0.25) is 0 Å². The van der Waals surface area contributed by atoms with Crippen LogP contribution in [0.25, 0.3) is 0 Å². The third-order valence-corrected chi connectivity index (χ3v) is 1.62. The lowest BCUT2D eigenvalue weighted by atomic mass is 10.1. The molecule has 2 N–H and O–H groups in total. The molecule has 0 aliphatic heterocycles. The number of rotatable bonds is 1. The highest BCUT2D eigenvalue weighted by molar-refractivity contribution is 6.30. The Balaban J connectivity index is 3.08. The molecule has 1 aromatic rings. The van der Waals surface area contributed by atoms with Crippen LogP contribution in [0.4, 0.5) is 10.1 Å². The molecule has 0 saturated heterocycles. The predicted molar refractivity (Wildman–Crippen MR) is 45.4 cm³/mol. The monoisotopic (exact) mass is 173 g/mol. The fraction of sp³-hybridized carbons (Fsp3) is 0.250. The van der Waals surface area contributed by atoms with Crippen LogP contribution in [0.3, 0.4) is 0 Å². The SMILES string of the molecule is CC(F)c1cc(N)cc(Cl)c1. The van der Waals surface area contributed by atoms with E-state index in [0.29, 0.717) is 16.3 Å². The zero-order valence-electron chi connectivity index (χ0n) is 6.14. The molecular weight excluding hydrogens is 165 g/mol. The normalized spacial score (nSPS) is 13.0. The minimum Gasteiger partial charge on any atom is -0.399 e. The van der Waals surface area contributed by atoms with Gasteiger partial charge in [-0.25, -0.2) is 4.39 Å². The Bertz CT molecular complexity index is 240. The lowest BCUT2D eigenvalue weighted by Crippen LogP contribution is -1.90. The quantitative estimate of drug-likeness (QED) is 0.650. The second kappa shape index (κ2) is 3.09.